The molecular formula is C13H12BrN3O. The number of pyridine rings is 1. The molecular weight excluding hydrogens is 294 g/mol. The Morgan fingerprint density at radius 2 is 2.28 bits per heavy atom. The first-order valence-electron chi connectivity index (χ1n) is 5.86. The first-order chi connectivity index (χ1) is 8.68. The number of aryl methyl sites for hydroxylation is 1. The van der Waals surface area contributed by atoms with E-state index in [2.05, 4.69) is 26.0 Å². The van der Waals surface area contributed by atoms with Crippen LogP contribution in [0.25, 0.3) is 5.82 Å². The molecule has 0 saturated heterocycles. The van der Waals surface area contributed by atoms with Crippen molar-refractivity contribution in [2.45, 2.75) is 24.6 Å². The maximum Gasteiger partial charge on any atom is 0.180 e. The summed E-state index contributed by atoms with van der Waals surface area (Å²) < 4.78 is 1.79. The van der Waals surface area contributed by atoms with E-state index in [1.807, 2.05) is 25.1 Å². The highest BCUT2D eigenvalue weighted by Gasteiger charge is 2.31. The molecule has 0 saturated carbocycles. The Hall–Kier alpha value is -1.49. The number of alkyl halides is 1. The van der Waals surface area contributed by atoms with Crippen LogP contribution in [0, 0.1) is 6.92 Å². The minimum absolute atomic E-state index is 0.0786. The van der Waals surface area contributed by atoms with E-state index in [4.69, 9.17) is 0 Å². The van der Waals surface area contributed by atoms with Gasteiger partial charge < -0.3 is 0 Å². The second kappa shape index (κ2) is 4.31. The molecule has 0 aromatic carbocycles. The van der Waals surface area contributed by atoms with E-state index in [0.717, 1.165) is 35.6 Å². The molecule has 2 aromatic rings. The fourth-order valence-electron chi connectivity index (χ4n) is 2.35. The molecule has 0 unspecified atom stereocenters. The Balaban J connectivity index is 2.18. The fourth-order valence-corrected chi connectivity index (χ4v) is 2.80. The third kappa shape index (κ3) is 1.70. The highest BCUT2D eigenvalue weighted by atomic mass is 79.9. The second-order valence-electron chi connectivity index (χ2n) is 4.38. The quantitative estimate of drug-likeness (QED) is 0.760. The van der Waals surface area contributed by atoms with Crippen LogP contribution < -0.4 is 0 Å². The first-order valence-corrected chi connectivity index (χ1v) is 6.78. The van der Waals surface area contributed by atoms with Crippen molar-refractivity contribution in [3.8, 4) is 5.82 Å². The van der Waals surface area contributed by atoms with Gasteiger partial charge in [-0.1, -0.05) is 22.0 Å². The lowest BCUT2D eigenvalue weighted by atomic mass is 9.94. The van der Waals surface area contributed by atoms with Gasteiger partial charge in [-0.05, 0) is 31.9 Å². The lowest BCUT2D eigenvalue weighted by molar-refractivity contribution is 0.0980. The Morgan fingerprint density at radius 3 is 3.00 bits per heavy atom. The predicted molar refractivity (Wildman–Crippen MR) is 71.5 cm³/mol. The van der Waals surface area contributed by atoms with Crippen LogP contribution in [0.5, 0.6) is 0 Å². The summed E-state index contributed by atoms with van der Waals surface area (Å²) in [6.45, 7) is 1.88. The van der Waals surface area contributed by atoms with Crippen molar-refractivity contribution in [3.63, 3.8) is 0 Å². The fraction of sp³-hybridized carbons (Fsp3) is 0.308. The van der Waals surface area contributed by atoms with E-state index >= 15 is 0 Å². The summed E-state index contributed by atoms with van der Waals surface area (Å²) in [6, 6.07) is 5.69. The van der Waals surface area contributed by atoms with Gasteiger partial charge in [0.25, 0.3) is 0 Å². The van der Waals surface area contributed by atoms with Crippen LogP contribution in [-0.4, -0.2) is 25.4 Å². The Kier molecular flexibility index (Phi) is 2.78. The molecule has 0 N–H and O–H groups in total. The Bertz CT molecular complexity index is 606. The number of nitrogens with zero attached hydrogens (tertiary/aromatic N) is 3. The highest BCUT2D eigenvalue weighted by Crippen LogP contribution is 2.29. The molecule has 1 atom stereocenters. The number of halogens is 1. The monoisotopic (exact) mass is 305 g/mol. The maximum absolute atomic E-state index is 12.2. The normalized spacial score (nSPS) is 18.8. The molecule has 2 aromatic heterocycles. The third-order valence-electron chi connectivity index (χ3n) is 3.19. The number of aromatic nitrogens is 3. The van der Waals surface area contributed by atoms with E-state index in [9.17, 15) is 4.79 Å². The van der Waals surface area contributed by atoms with E-state index in [0.29, 0.717) is 0 Å². The molecule has 5 heteroatoms. The van der Waals surface area contributed by atoms with Gasteiger partial charge in [0, 0.05) is 6.20 Å². The van der Waals surface area contributed by atoms with E-state index in [1.165, 1.54) is 0 Å². The van der Waals surface area contributed by atoms with Gasteiger partial charge in [0.2, 0.25) is 0 Å². The van der Waals surface area contributed by atoms with Gasteiger partial charge in [-0.2, -0.15) is 5.10 Å². The first kappa shape index (κ1) is 11.6. The number of hydrogen-bond acceptors (Lipinski definition) is 3. The van der Waals surface area contributed by atoms with Gasteiger partial charge >= 0.3 is 0 Å². The molecule has 0 bridgehead atoms. The van der Waals surface area contributed by atoms with Crippen molar-refractivity contribution in [2.24, 2.45) is 0 Å². The predicted octanol–water partition coefficient (Wildman–Crippen LogP) is 2.47. The summed E-state index contributed by atoms with van der Waals surface area (Å²) in [6.07, 6.45) is 3.38. The molecule has 0 spiro atoms. The number of ketones is 1. The molecule has 0 aliphatic heterocycles. The van der Waals surface area contributed by atoms with Gasteiger partial charge in [0.05, 0.1) is 21.8 Å². The van der Waals surface area contributed by atoms with Crippen LogP contribution in [0.3, 0.4) is 0 Å². The number of carbonyl (C=O) groups is 1. The van der Waals surface area contributed by atoms with E-state index < -0.39 is 0 Å². The number of carbonyl (C=O) groups excluding carboxylic acids is 1. The minimum Gasteiger partial charge on any atom is -0.293 e. The number of hydrogen-bond donors (Lipinski definition) is 0. The summed E-state index contributed by atoms with van der Waals surface area (Å²) in [4.78, 5) is 16.4. The second-order valence-corrected chi connectivity index (χ2v) is 5.48. The number of fused-ring (bicyclic) bond motifs is 1. The summed E-state index contributed by atoms with van der Waals surface area (Å²) in [5.41, 5.74) is 2.52. The molecule has 1 aliphatic carbocycles. The smallest absolute Gasteiger partial charge is 0.180 e. The molecule has 2 heterocycles. The molecule has 0 fully saturated rings. The summed E-state index contributed by atoms with van der Waals surface area (Å²) in [5, 5.41) is 4.46. The van der Waals surface area contributed by atoms with Crippen LogP contribution in [0.4, 0.5) is 0 Å². The molecule has 0 radical (unpaired) electrons. The van der Waals surface area contributed by atoms with Crippen LogP contribution in [0.15, 0.2) is 24.4 Å². The molecule has 0 amide bonds. The molecule has 4 nitrogen and oxygen atoms in total. The Labute approximate surface area is 113 Å². The zero-order chi connectivity index (χ0) is 12.7. The van der Waals surface area contributed by atoms with Crippen LogP contribution in [0.2, 0.25) is 0 Å². The van der Waals surface area contributed by atoms with Crippen LogP contribution in [-0.2, 0) is 6.42 Å². The van der Waals surface area contributed by atoms with Crippen molar-refractivity contribution in [2.75, 3.05) is 0 Å². The average Bonchev–Trinajstić information content (AvgIpc) is 2.73. The van der Waals surface area contributed by atoms with Gasteiger partial charge in [0.15, 0.2) is 11.6 Å². The molecule has 3 rings (SSSR count). The zero-order valence-electron chi connectivity index (χ0n) is 9.93. The van der Waals surface area contributed by atoms with Crippen molar-refractivity contribution < 1.29 is 4.79 Å². The summed E-state index contributed by atoms with van der Waals surface area (Å²) >= 11 is 3.42. The zero-order valence-corrected chi connectivity index (χ0v) is 11.5. The highest BCUT2D eigenvalue weighted by molar-refractivity contribution is 9.10. The van der Waals surface area contributed by atoms with Gasteiger partial charge in [-0.15, -0.1) is 0 Å². The van der Waals surface area contributed by atoms with Crippen molar-refractivity contribution in [3.05, 3.63) is 41.3 Å². The SMILES string of the molecule is Cc1nn(-c2ccccn2)c2c1C(=O)[C@H](Br)CC2. The van der Waals surface area contributed by atoms with E-state index in [-0.39, 0.29) is 10.6 Å². The van der Waals surface area contributed by atoms with Gasteiger partial charge in [-0.25, -0.2) is 9.67 Å². The summed E-state index contributed by atoms with van der Waals surface area (Å²) in [7, 11) is 0. The van der Waals surface area contributed by atoms with E-state index in [1.54, 1.807) is 10.9 Å². The molecule has 18 heavy (non-hydrogen) atoms. The van der Waals surface area contributed by atoms with Crippen molar-refractivity contribution >= 4 is 21.7 Å². The topological polar surface area (TPSA) is 47.8 Å². The maximum atomic E-state index is 12.2. The minimum atomic E-state index is -0.0786. The van der Waals surface area contributed by atoms with Crippen molar-refractivity contribution in [1.82, 2.24) is 14.8 Å². The lowest BCUT2D eigenvalue weighted by Gasteiger charge is -2.17. The largest absolute Gasteiger partial charge is 0.293 e. The van der Waals surface area contributed by atoms with Gasteiger partial charge in [0.1, 0.15) is 0 Å². The lowest BCUT2D eigenvalue weighted by Crippen LogP contribution is -2.23. The van der Waals surface area contributed by atoms with Crippen LogP contribution in [0.1, 0.15) is 28.2 Å². The summed E-state index contributed by atoms with van der Waals surface area (Å²) in [5.74, 6) is 0.901. The average molecular weight is 306 g/mol. The van der Waals surface area contributed by atoms with Crippen LogP contribution >= 0.6 is 15.9 Å². The number of rotatable bonds is 1. The molecule has 1 aliphatic rings. The Morgan fingerprint density at radius 1 is 1.44 bits per heavy atom. The third-order valence-corrected chi connectivity index (χ3v) is 4.06. The van der Waals surface area contributed by atoms with Gasteiger partial charge in [-0.3, -0.25) is 4.79 Å². The van der Waals surface area contributed by atoms with Crippen molar-refractivity contribution in [1.29, 1.82) is 0 Å². The molecule has 92 valence electrons. The number of Topliss-reactive ketones (excluding diaryl/α,β-unsaturated/α-hetero) is 1. The standard InChI is InChI=1S/C13H12BrN3O/c1-8-12-10(6-5-9(14)13(12)18)17(16-8)11-4-2-3-7-15-11/h2-4,7,9H,5-6H2,1H3/t9-/m1/s1.